The molecule has 3 aliphatic heterocycles. The van der Waals surface area contributed by atoms with Gasteiger partial charge in [-0.25, -0.2) is 0 Å². The lowest BCUT2D eigenvalue weighted by atomic mass is 9.70. The van der Waals surface area contributed by atoms with Crippen LogP contribution in [0.15, 0.2) is 24.3 Å². The number of anilines is 1. The summed E-state index contributed by atoms with van der Waals surface area (Å²) in [7, 11) is 1.52. The largest absolute Gasteiger partial charge is 0.396 e. The summed E-state index contributed by atoms with van der Waals surface area (Å²) in [5.74, 6) is -2.43. The summed E-state index contributed by atoms with van der Waals surface area (Å²) in [5, 5.41) is 15.1. The van der Waals surface area contributed by atoms with Crippen molar-refractivity contribution in [2.75, 3.05) is 25.5 Å². The van der Waals surface area contributed by atoms with Crippen molar-refractivity contribution in [2.24, 2.45) is 11.8 Å². The van der Waals surface area contributed by atoms with Crippen LogP contribution in [0.4, 0.5) is 5.69 Å². The van der Waals surface area contributed by atoms with E-state index in [0.29, 0.717) is 23.6 Å². The van der Waals surface area contributed by atoms with Crippen molar-refractivity contribution in [1.82, 2.24) is 10.2 Å². The van der Waals surface area contributed by atoms with Crippen LogP contribution in [0.3, 0.4) is 0 Å². The first kappa shape index (κ1) is 21.5. The number of para-hydroxylation sites is 1. The number of aliphatic hydroxyl groups is 1. The summed E-state index contributed by atoms with van der Waals surface area (Å²) in [4.78, 5) is 40.8. The molecule has 30 heavy (non-hydrogen) atoms. The van der Waals surface area contributed by atoms with Crippen molar-refractivity contribution in [3.8, 4) is 0 Å². The number of rotatable bonds is 6. The third-order valence-electron chi connectivity index (χ3n) is 6.28. The number of aliphatic hydroxyl groups excluding tert-OH is 1. The van der Waals surface area contributed by atoms with Gasteiger partial charge in [-0.1, -0.05) is 39.7 Å². The second-order valence-corrected chi connectivity index (χ2v) is 9.44. The maximum absolute atomic E-state index is 13.4. The Balaban J connectivity index is 1.73. The molecule has 10 heteroatoms. The molecule has 3 aliphatic rings. The smallest absolute Gasteiger partial charge is 0.250 e. The molecule has 6 atom stereocenters. The summed E-state index contributed by atoms with van der Waals surface area (Å²) in [6.45, 7) is 0.0688. The number of benzene rings is 1. The van der Waals surface area contributed by atoms with Gasteiger partial charge in [0.15, 0.2) is 0 Å². The van der Waals surface area contributed by atoms with Crippen molar-refractivity contribution >= 4 is 50.9 Å². The first-order valence-electron chi connectivity index (χ1n) is 9.86. The van der Waals surface area contributed by atoms with Crippen molar-refractivity contribution < 1.29 is 24.2 Å². The standard InChI is InChI=1S/C20H23BrClN3O5/c1-23-17(27)13-14-19(29)25(7-4-8-26)16(20(14)9-10(21)15(13)30-20)18(28)24-12-6-3-2-5-11(12)22/h2-3,5-6,10,13-16,26H,4,7-9H2,1H3,(H,23,27)(H,24,28)/t10?,13-,14-,15-,16?,20?/m0/s1. The number of halogens is 2. The zero-order chi connectivity index (χ0) is 21.6. The Morgan fingerprint density at radius 2 is 2.10 bits per heavy atom. The maximum Gasteiger partial charge on any atom is 0.250 e. The molecule has 0 aromatic heterocycles. The number of amides is 3. The Kier molecular flexibility index (Phi) is 5.82. The third-order valence-corrected chi connectivity index (χ3v) is 7.45. The van der Waals surface area contributed by atoms with E-state index in [1.165, 1.54) is 11.9 Å². The van der Waals surface area contributed by atoms with Crippen LogP contribution in [0, 0.1) is 11.8 Å². The van der Waals surface area contributed by atoms with E-state index in [0.717, 1.165) is 0 Å². The average molecular weight is 501 g/mol. The van der Waals surface area contributed by atoms with Gasteiger partial charge < -0.3 is 25.4 Å². The van der Waals surface area contributed by atoms with Crippen LogP contribution in [0.1, 0.15) is 12.8 Å². The van der Waals surface area contributed by atoms with Crippen molar-refractivity contribution in [2.45, 2.75) is 35.4 Å². The first-order valence-corrected chi connectivity index (χ1v) is 11.1. The molecule has 1 aromatic rings. The van der Waals surface area contributed by atoms with Crippen LogP contribution in [-0.2, 0) is 19.1 Å². The number of carbonyl (C=O) groups excluding carboxylic acids is 3. The summed E-state index contributed by atoms with van der Waals surface area (Å²) in [5.41, 5.74) is -0.683. The zero-order valence-electron chi connectivity index (χ0n) is 16.3. The fourth-order valence-corrected chi connectivity index (χ4v) is 6.27. The van der Waals surface area contributed by atoms with Crippen molar-refractivity contribution in [3.05, 3.63) is 29.3 Å². The quantitative estimate of drug-likeness (QED) is 0.508. The molecule has 0 saturated carbocycles. The average Bonchev–Trinajstić information content (AvgIpc) is 3.31. The Morgan fingerprint density at radius 3 is 2.77 bits per heavy atom. The number of carbonyl (C=O) groups is 3. The number of fused-ring (bicyclic) bond motifs is 1. The summed E-state index contributed by atoms with van der Waals surface area (Å²) >= 11 is 9.78. The molecule has 3 N–H and O–H groups in total. The number of hydrogen-bond donors (Lipinski definition) is 3. The lowest BCUT2D eigenvalue weighted by Crippen LogP contribution is -2.54. The lowest BCUT2D eigenvalue weighted by molar-refractivity contribution is -0.140. The van der Waals surface area contributed by atoms with Gasteiger partial charge in [0, 0.05) is 25.0 Å². The van der Waals surface area contributed by atoms with Crippen molar-refractivity contribution in [3.63, 3.8) is 0 Å². The zero-order valence-corrected chi connectivity index (χ0v) is 18.6. The van der Waals surface area contributed by atoms with Crippen LogP contribution >= 0.6 is 27.5 Å². The number of ether oxygens (including phenoxy) is 1. The molecule has 2 bridgehead atoms. The molecule has 0 aliphatic carbocycles. The van der Waals surface area contributed by atoms with E-state index in [9.17, 15) is 19.5 Å². The molecule has 4 rings (SSSR count). The molecular formula is C20H23BrClN3O5. The Labute approximate surface area is 187 Å². The predicted octanol–water partition coefficient (Wildman–Crippen LogP) is 1.15. The van der Waals surface area contributed by atoms with E-state index in [4.69, 9.17) is 16.3 Å². The fourth-order valence-electron chi connectivity index (χ4n) is 5.14. The van der Waals surface area contributed by atoms with Gasteiger partial charge in [-0.2, -0.15) is 0 Å². The highest BCUT2D eigenvalue weighted by atomic mass is 79.9. The number of likely N-dealkylation sites (tertiary alicyclic amines) is 1. The minimum absolute atomic E-state index is 0.121. The molecule has 1 spiro atoms. The van der Waals surface area contributed by atoms with Crippen LogP contribution in [-0.4, -0.2) is 70.5 Å². The molecule has 3 heterocycles. The number of alkyl halides is 1. The number of nitrogens with one attached hydrogen (secondary N) is 2. The van der Waals surface area contributed by atoms with Gasteiger partial charge in [0.2, 0.25) is 17.7 Å². The highest BCUT2D eigenvalue weighted by Crippen LogP contribution is 2.60. The second-order valence-electron chi connectivity index (χ2n) is 7.86. The summed E-state index contributed by atoms with van der Waals surface area (Å²) in [6, 6.07) is 5.91. The first-order chi connectivity index (χ1) is 14.4. The van der Waals surface area contributed by atoms with Gasteiger partial charge in [0.1, 0.15) is 11.6 Å². The molecular weight excluding hydrogens is 478 g/mol. The summed E-state index contributed by atoms with van der Waals surface area (Å²) < 4.78 is 6.29. The van der Waals surface area contributed by atoms with Gasteiger partial charge in [-0.05, 0) is 25.0 Å². The molecule has 3 saturated heterocycles. The van der Waals surface area contributed by atoms with Gasteiger partial charge in [0.25, 0.3) is 0 Å². The minimum Gasteiger partial charge on any atom is -0.396 e. The normalized spacial score (nSPS) is 34.2. The second kappa shape index (κ2) is 8.11. The minimum atomic E-state index is -1.12. The van der Waals surface area contributed by atoms with E-state index in [2.05, 4.69) is 26.6 Å². The van der Waals surface area contributed by atoms with E-state index < -0.39 is 35.5 Å². The van der Waals surface area contributed by atoms with Crippen molar-refractivity contribution in [1.29, 1.82) is 0 Å². The maximum atomic E-state index is 13.4. The Bertz CT molecular complexity index is 886. The van der Waals surface area contributed by atoms with Gasteiger partial charge >= 0.3 is 0 Å². The van der Waals surface area contributed by atoms with E-state index >= 15 is 0 Å². The van der Waals surface area contributed by atoms with E-state index in [1.807, 2.05) is 0 Å². The third kappa shape index (κ3) is 3.14. The SMILES string of the molecule is CNC(=O)[C@H]1[C@H]2C(=O)N(CCCO)C(C(=O)Nc3ccccc3Cl)C23CC(Br)[C@@H]1O3. The molecule has 0 radical (unpaired) electrons. The Morgan fingerprint density at radius 1 is 1.37 bits per heavy atom. The molecule has 3 fully saturated rings. The van der Waals surface area contributed by atoms with Gasteiger partial charge in [0.05, 0.1) is 28.6 Å². The van der Waals surface area contributed by atoms with Gasteiger partial charge in [-0.15, -0.1) is 0 Å². The highest BCUT2D eigenvalue weighted by molar-refractivity contribution is 9.09. The van der Waals surface area contributed by atoms with Crippen LogP contribution < -0.4 is 10.6 Å². The number of hydrogen-bond acceptors (Lipinski definition) is 5. The molecule has 1 aromatic carbocycles. The fraction of sp³-hybridized carbons (Fsp3) is 0.550. The summed E-state index contributed by atoms with van der Waals surface area (Å²) in [6.07, 6.45) is 0.253. The van der Waals surface area contributed by atoms with Crippen LogP contribution in [0.2, 0.25) is 5.02 Å². The van der Waals surface area contributed by atoms with E-state index in [-0.39, 0.29) is 29.8 Å². The topological polar surface area (TPSA) is 108 Å². The lowest BCUT2D eigenvalue weighted by Gasteiger charge is -2.34. The van der Waals surface area contributed by atoms with Crippen LogP contribution in [0.25, 0.3) is 0 Å². The molecule has 3 amide bonds. The molecule has 8 nitrogen and oxygen atoms in total. The monoisotopic (exact) mass is 499 g/mol. The van der Waals surface area contributed by atoms with E-state index in [1.54, 1.807) is 24.3 Å². The highest BCUT2D eigenvalue weighted by Gasteiger charge is 2.76. The molecule has 3 unspecified atom stereocenters. The van der Waals surface area contributed by atoms with Crippen LogP contribution in [0.5, 0.6) is 0 Å². The van der Waals surface area contributed by atoms with Gasteiger partial charge in [-0.3, -0.25) is 14.4 Å². The predicted molar refractivity (Wildman–Crippen MR) is 113 cm³/mol. The Hall–Kier alpha value is -1.68. The molecule has 162 valence electrons. The number of nitrogens with zero attached hydrogens (tertiary/aromatic N) is 1.